The molecule has 1 heterocycles. The number of hydrogen-bond donors (Lipinski definition) is 1. The number of nitrogens with one attached hydrogen (secondary N) is 1. The van der Waals surface area contributed by atoms with Crippen molar-refractivity contribution in [1.29, 1.82) is 0 Å². The Morgan fingerprint density at radius 2 is 2.39 bits per heavy atom. The molecule has 6 heteroatoms. The summed E-state index contributed by atoms with van der Waals surface area (Å²) in [5.74, 6) is -0.819. The highest BCUT2D eigenvalue weighted by molar-refractivity contribution is 5.34. The lowest BCUT2D eigenvalue weighted by molar-refractivity contribution is -0.387. The Bertz CT molecular complexity index is 433. The van der Waals surface area contributed by atoms with Crippen LogP contribution >= 0.6 is 0 Å². The highest BCUT2D eigenvalue weighted by Gasteiger charge is 2.15. The topological polar surface area (TPSA) is 64.4 Å². The fourth-order valence-corrected chi connectivity index (χ4v) is 2.01. The minimum absolute atomic E-state index is 0.271. The second-order valence-electron chi connectivity index (χ2n) is 4.35. The minimum atomic E-state index is -0.819. The average molecular weight is 254 g/mol. The van der Waals surface area contributed by atoms with Crippen molar-refractivity contribution in [1.82, 2.24) is 5.32 Å². The zero-order valence-corrected chi connectivity index (χ0v) is 9.89. The molecule has 0 saturated carbocycles. The van der Waals surface area contributed by atoms with Crippen LogP contribution in [0.3, 0.4) is 0 Å². The predicted octanol–water partition coefficient (Wildman–Crippen LogP) is 2.00. The van der Waals surface area contributed by atoms with E-state index >= 15 is 0 Å². The maximum Gasteiger partial charge on any atom is 0.304 e. The van der Waals surface area contributed by atoms with Crippen molar-refractivity contribution >= 4 is 5.69 Å². The summed E-state index contributed by atoms with van der Waals surface area (Å²) in [5, 5.41) is 13.7. The van der Waals surface area contributed by atoms with Gasteiger partial charge < -0.3 is 10.1 Å². The van der Waals surface area contributed by atoms with Crippen LogP contribution in [0.5, 0.6) is 0 Å². The van der Waals surface area contributed by atoms with Gasteiger partial charge in [0.15, 0.2) is 0 Å². The number of nitro benzene ring substituents is 1. The smallest absolute Gasteiger partial charge is 0.304 e. The first-order valence-electron chi connectivity index (χ1n) is 5.91. The molecule has 1 unspecified atom stereocenters. The van der Waals surface area contributed by atoms with Gasteiger partial charge in [-0.05, 0) is 37.1 Å². The monoisotopic (exact) mass is 254 g/mol. The molecule has 0 amide bonds. The summed E-state index contributed by atoms with van der Waals surface area (Å²) in [6, 6.07) is 4.21. The Balaban J connectivity index is 1.85. The third-order valence-corrected chi connectivity index (χ3v) is 2.96. The van der Waals surface area contributed by atoms with Gasteiger partial charge in [0.05, 0.1) is 18.1 Å². The van der Waals surface area contributed by atoms with E-state index < -0.39 is 16.4 Å². The second kappa shape index (κ2) is 5.88. The maximum absolute atomic E-state index is 13.3. The average Bonchev–Trinajstić information content (AvgIpc) is 2.81. The minimum Gasteiger partial charge on any atom is -0.375 e. The fraction of sp³-hybridized carbons (Fsp3) is 0.500. The molecule has 0 bridgehead atoms. The van der Waals surface area contributed by atoms with E-state index in [9.17, 15) is 14.5 Å². The first kappa shape index (κ1) is 12.9. The standard InChI is InChI=1S/C12H15FN2O3/c13-11-6-9(3-4-12(11)15(16)17)7-18-8-10-2-1-5-14-10/h3-4,6,10,14H,1-2,5,7-8H2. The highest BCUT2D eigenvalue weighted by atomic mass is 19.1. The number of hydrogen-bond acceptors (Lipinski definition) is 4. The van der Waals surface area contributed by atoms with Crippen LogP contribution in [0.15, 0.2) is 18.2 Å². The number of nitrogens with zero attached hydrogens (tertiary/aromatic N) is 1. The Morgan fingerprint density at radius 3 is 3.00 bits per heavy atom. The van der Waals surface area contributed by atoms with E-state index in [0.717, 1.165) is 25.5 Å². The van der Waals surface area contributed by atoms with Crippen LogP contribution in [0.25, 0.3) is 0 Å². The zero-order valence-electron chi connectivity index (χ0n) is 9.89. The summed E-state index contributed by atoms with van der Waals surface area (Å²) >= 11 is 0. The van der Waals surface area contributed by atoms with Crippen LogP contribution in [0, 0.1) is 15.9 Å². The normalized spacial score (nSPS) is 19.1. The Morgan fingerprint density at radius 1 is 1.56 bits per heavy atom. The molecule has 1 saturated heterocycles. The summed E-state index contributed by atoms with van der Waals surface area (Å²) in [7, 11) is 0. The molecule has 18 heavy (non-hydrogen) atoms. The highest BCUT2D eigenvalue weighted by Crippen LogP contribution is 2.18. The van der Waals surface area contributed by atoms with E-state index in [4.69, 9.17) is 4.74 Å². The molecule has 1 atom stereocenters. The van der Waals surface area contributed by atoms with Crippen LogP contribution in [-0.2, 0) is 11.3 Å². The molecule has 0 radical (unpaired) electrons. The zero-order chi connectivity index (χ0) is 13.0. The van der Waals surface area contributed by atoms with Crippen LogP contribution < -0.4 is 5.32 Å². The first-order chi connectivity index (χ1) is 8.66. The van der Waals surface area contributed by atoms with Crippen LogP contribution in [0.4, 0.5) is 10.1 Å². The molecule has 0 aromatic heterocycles. The van der Waals surface area contributed by atoms with E-state index in [2.05, 4.69) is 5.32 Å². The quantitative estimate of drug-likeness (QED) is 0.644. The number of benzene rings is 1. The first-order valence-corrected chi connectivity index (χ1v) is 5.91. The predicted molar refractivity (Wildman–Crippen MR) is 63.7 cm³/mol. The van der Waals surface area contributed by atoms with Crippen molar-refractivity contribution in [2.24, 2.45) is 0 Å². The van der Waals surface area contributed by atoms with Gasteiger partial charge in [0.2, 0.25) is 5.82 Å². The Kier molecular flexibility index (Phi) is 4.22. The van der Waals surface area contributed by atoms with Gasteiger partial charge in [-0.1, -0.05) is 0 Å². The molecule has 98 valence electrons. The molecule has 1 aromatic rings. The fourth-order valence-electron chi connectivity index (χ4n) is 2.01. The van der Waals surface area contributed by atoms with Crippen molar-refractivity contribution in [2.45, 2.75) is 25.5 Å². The van der Waals surface area contributed by atoms with Crippen molar-refractivity contribution in [2.75, 3.05) is 13.2 Å². The molecule has 1 N–H and O–H groups in total. The molecule has 0 spiro atoms. The van der Waals surface area contributed by atoms with Crippen LogP contribution in [0.2, 0.25) is 0 Å². The molecule has 5 nitrogen and oxygen atoms in total. The van der Waals surface area contributed by atoms with Gasteiger partial charge in [-0.15, -0.1) is 0 Å². The molecule has 0 aliphatic carbocycles. The molecule has 1 aliphatic rings. The number of rotatable bonds is 5. The number of halogens is 1. The lowest BCUT2D eigenvalue weighted by atomic mass is 10.2. The lowest BCUT2D eigenvalue weighted by Crippen LogP contribution is -2.26. The van der Waals surface area contributed by atoms with Crippen molar-refractivity contribution in [3.05, 3.63) is 39.7 Å². The molecular weight excluding hydrogens is 239 g/mol. The van der Waals surface area contributed by atoms with Crippen molar-refractivity contribution < 1.29 is 14.1 Å². The van der Waals surface area contributed by atoms with E-state index in [1.54, 1.807) is 0 Å². The van der Waals surface area contributed by atoms with Gasteiger partial charge in [-0.2, -0.15) is 4.39 Å². The summed E-state index contributed by atoms with van der Waals surface area (Å²) in [4.78, 5) is 9.71. The largest absolute Gasteiger partial charge is 0.375 e. The van der Waals surface area contributed by atoms with E-state index in [1.807, 2.05) is 0 Å². The van der Waals surface area contributed by atoms with E-state index in [0.29, 0.717) is 18.2 Å². The lowest BCUT2D eigenvalue weighted by Gasteiger charge is -2.10. The molecular formula is C12H15FN2O3. The third-order valence-electron chi connectivity index (χ3n) is 2.96. The Hall–Kier alpha value is -1.53. The van der Waals surface area contributed by atoms with Gasteiger partial charge in [-0.3, -0.25) is 10.1 Å². The van der Waals surface area contributed by atoms with E-state index in [1.165, 1.54) is 12.1 Å². The molecule has 2 rings (SSSR count). The molecule has 1 fully saturated rings. The maximum atomic E-state index is 13.3. The van der Waals surface area contributed by atoms with Gasteiger partial charge in [0.1, 0.15) is 0 Å². The van der Waals surface area contributed by atoms with Gasteiger partial charge >= 0.3 is 5.69 Å². The van der Waals surface area contributed by atoms with Crippen molar-refractivity contribution in [3.8, 4) is 0 Å². The molecule has 1 aromatic carbocycles. The summed E-state index contributed by atoms with van der Waals surface area (Å²) in [5.41, 5.74) is 0.104. The molecule has 1 aliphatic heterocycles. The van der Waals surface area contributed by atoms with Gasteiger partial charge in [0, 0.05) is 12.1 Å². The summed E-state index contributed by atoms with van der Waals surface area (Å²) < 4.78 is 18.8. The Labute approximate surface area is 104 Å². The second-order valence-corrected chi connectivity index (χ2v) is 4.35. The summed E-state index contributed by atoms with van der Waals surface area (Å²) in [6.45, 7) is 1.87. The van der Waals surface area contributed by atoms with Crippen LogP contribution in [-0.4, -0.2) is 24.1 Å². The summed E-state index contributed by atoms with van der Waals surface area (Å²) in [6.07, 6.45) is 2.24. The van der Waals surface area contributed by atoms with E-state index in [-0.39, 0.29) is 6.61 Å². The number of nitro groups is 1. The van der Waals surface area contributed by atoms with Gasteiger partial charge in [-0.25, -0.2) is 0 Å². The van der Waals surface area contributed by atoms with Gasteiger partial charge in [0.25, 0.3) is 0 Å². The number of ether oxygens (including phenoxy) is 1. The third kappa shape index (κ3) is 3.24. The SMILES string of the molecule is O=[N+]([O-])c1ccc(COCC2CCCN2)cc1F. The van der Waals surface area contributed by atoms with Crippen molar-refractivity contribution in [3.63, 3.8) is 0 Å². The van der Waals surface area contributed by atoms with Crippen LogP contribution in [0.1, 0.15) is 18.4 Å².